The minimum absolute atomic E-state index is 0.0168. The molecule has 0 radical (unpaired) electrons. The number of benzene rings is 2. The number of hydrogen-bond acceptors (Lipinski definition) is 5. The highest BCUT2D eigenvalue weighted by Gasteiger charge is 2.18. The van der Waals surface area contributed by atoms with Gasteiger partial charge < -0.3 is 14.2 Å². The quantitative estimate of drug-likeness (QED) is 0.439. The molecule has 2 aromatic carbocycles. The zero-order chi connectivity index (χ0) is 17.8. The molecule has 2 aromatic rings. The number of nitriles is 1. The zero-order valence-electron chi connectivity index (χ0n) is 13.4. The van der Waals surface area contributed by atoms with E-state index in [9.17, 15) is 10.1 Å². The van der Waals surface area contributed by atoms with Gasteiger partial charge >= 0.3 is 5.97 Å². The van der Waals surface area contributed by atoms with Gasteiger partial charge in [0.2, 0.25) is 6.79 Å². The summed E-state index contributed by atoms with van der Waals surface area (Å²) in [7, 11) is 0. The lowest BCUT2D eigenvalue weighted by Gasteiger charge is -2.07. The summed E-state index contributed by atoms with van der Waals surface area (Å²) in [5.74, 6) is 0.566. The summed E-state index contributed by atoms with van der Waals surface area (Å²) in [6.45, 7) is 2.15. The molecular formula is C19H14BrNO4. The smallest absolute Gasteiger partial charge is 0.349 e. The van der Waals surface area contributed by atoms with E-state index >= 15 is 0 Å². The van der Waals surface area contributed by atoms with Crippen molar-refractivity contribution in [2.75, 3.05) is 6.79 Å². The van der Waals surface area contributed by atoms with Crippen molar-refractivity contribution in [1.82, 2.24) is 0 Å². The Morgan fingerprint density at radius 3 is 2.64 bits per heavy atom. The highest BCUT2D eigenvalue weighted by Crippen LogP contribution is 2.37. The van der Waals surface area contributed by atoms with Crippen molar-refractivity contribution >= 4 is 28.0 Å². The van der Waals surface area contributed by atoms with Crippen molar-refractivity contribution in [2.45, 2.75) is 13.5 Å². The molecule has 0 spiro atoms. The van der Waals surface area contributed by atoms with Crippen molar-refractivity contribution in [3.63, 3.8) is 0 Å². The Bertz CT molecular complexity index is 882. The lowest BCUT2D eigenvalue weighted by atomic mass is 10.1. The fraction of sp³-hybridized carbons (Fsp3) is 0.158. The Kier molecular flexibility index (Phi) is 5.05. The van der Waals surface area contributed by atoms with E-state index in [1.807, 2.05) is 37.3 Å². The third-order valence-corrected chi connectivity index (χ3v) is 4.37. The first-order chi connectivity index (χ1) is 12.1. The molecule has 0 saturated heterocycles. The maximum Gasteiger partial charge on any atom is 0.349 e. The Labute approximate surface area is 153 Å². The molecule has 126 valence electrons. The van der Waals surface area contributed by atoms with Crippen LogP contribution in [0.4, 0.5) is 0 Å². The number of carbonyl (C=O) groups excluding carboxylic acids is 1. The molecule has 0 atom stereocenters. The predicted octanol–water partition coefficient (Wildman–Crippen LogP) is 4.14. The first kappa shape index (κ1) is 17.1. The number of nitrogens with zero attached hydrogens (tertiary/aromatic N) is 1. The molecule has 0 N–H and O–H groups in total. The van der Waals surface area contributed by atoms with Crippen LogP contribution in [0.3, 0.4) is 0 Å². The van der Waals surface area contributed by atoms with E-state index < -0.39 is 5.97 Å². The average molecular weight is 400 g/mol. The van der Waals surface area contributed by atoms with E-state index in [4.69, 9.17) is 14.2 Å². The largest absolute Gasteiger partial charge is 0.457 e. The molecule has 5 nitrogen and oxygen atoms in total. The van der Waals surface area contributed by atoms with Crippen LogP contribution in [-0.4, -0.2) is 12.8 Å². The van der Waals surface area contributed by atoms with Gasteiger partial charge in [-0.2, -0.15) is 5.26 Å². The normalized spacial score (nSPS) is 12.6. The van der Waals surface area contributed by atoms with E-state index in [1.54, 1.807) is 12.1 Å². The second-order valence-corrected chi connectivity index (χ2v) is 6.31. The Balaban J connectivity index is 1.71. The van der Waals surface area contributed by atoms with Crippen molar-refractivity contribution in [1.29, 1.82) is 5.26 Å². The number of hydrogen-bond donors (Lipinski definition) is 0. The third-order valence-electron chi connectivity index (χ3n) is 3.63. The summed E-state index contributed by atoms with van der Waals surface area (Å²) in [5.41, 5.74) is 2.54. The molecule has 3 rings (SSSR count). The number of fused-ring (bicyclic) bond motifs is 1. The molecule has 0 amide bonds. The number of ether oxygens (including phenoxy) is 3. The number of esters is 1. The molecule has 0 unspecified atom stereocenters. The van der Waals surface area contributed by atoms with Crippen LogP contribution in [0.2, 0.25) is 0 Å². The van der Waals surface area contributed by atoms with Crippen molar-refractivity contribution in [2.24, 2.45) is 0 Å². The zero-order valence-corrected chi connectivity index (χ0v) is 15.0. The van der Waals surface area contributed by atoms with E-state index in [0.29, 0.717) is 11.5 Å². The summed E-state index contributed by atoms with van der Waals surface area (Å²) in [5, 5.41) is 9.23. The van der Waals surface area contributed by atoms with E-state index in [2.05, 4.69) is 15.9 Å². The molecule has 0 aromatic heterocycles. The summed E-state index contributed by atoms with van der Waals surface area (Å²) < 4.78 is 16.6. The molecule has 1 aliphatic rings. The van der Waals surface area contributed by atoms with Gasteiger partial charge in [-0.05, 0) is 30.7 Å². The summed E-state index contributed by atoms with van der Waals surface area (Å²) in [6, 6.07) is 12.9. The van der Waals surface area contributed by atoms with Gasteiger partial charge in [0.05, 0.1) is 0 Å². The average Bonchev–Trinajstić information content (AvgIpc) is 3.06. The van der Waals surface area contributed by atoms with Crippen LogP contribution in [-0.2, 0) is 16.1 Å². The minimum atomic E-state index is -0.673. The number of halogens is 1. The second kappa shape index (κ2) is 7.41. The van der Waals surface area contributed by atoms with Crippen LogP contribution in [0.5, 0.6) is 11.5 Å². The van der Waals surface area contributed by atoms with Gasteiger partial charge in [0.25, 0.3) is 0 Å². The van der Waals surface area contributed by atoms with Gasteiger partial charge in [0, 0.05) is 10.0 Å². The lowest BCUT2D eigenvalue weighted by molar-refractivity contribution is -0.139. The minimum Gasteiger partial charge on any atom is -0.457 e. The third kappa shape index (κ3) is 4.01. The molecule has 6 heteroatoms. The fourth-order valence-electron chi connectivity index (χ4n) is 2.26. The van der Waals surface area contributed by atoms with Crippen molar-refractivity contribution in [3.8, 4) is 17.6 Å². The molecule has 25 heavy (non-hydrogen) atoms. The fourth-order valence-corrected chi connectivity index (χ4v) is 2.69. The summed E-state index contributed by atoms with van der Waals surface area (Å²) >= 11 is 3.41. The van der Waals surface area contributed by atoms with Crippen LogP contribution >= 0.6 is 15.9 Å². The number of rotatable bonds is 4. The van der Waals surface area contributed by atoms with E-state index in [-0.39, 0.29) is 19.0 Å². The topological polar surface area (TPSA) is 68.6 Å². The van der Waals surface area contributed by atoms with E-state index in [1.165, 1.54) is 6.08 Å². The van der Waals surface area contributed by atoms with Crippen LogP contribution in [0.1, 0.15) is 16.7 Å². The first-order valence-electron chi connectivity index (χ1n) is 7.50. The van der Waals surface area contributed by atoms with Crippen LogP contribution < -0.4 is 9.47 Å². The molecular weight excluding hydrogens is 386 g/mol. The van der Waals surface area contributed by atoms with Crippen LogP contribution in [0.25, 0.3) is 6.08 Å². The number of carbonyl (C=O) groups is 1. The molecule has 1 heterocycles. The lowest BCUT2D eigenvalue weighted by Crippen LogP contribution is -2.07. The van der Waals surface area contributed by atoms with E-state index in [0.717, 1.165) is 21.2 Å². The van der Waals surface area contributed by atoms with Gasteiger partial charge in [-0.1, -0.05) is 45.8 Å². The van der Waals surface area contributed by atoms with Gasteiger partial charge in [-0.15, -0.1) is 0 Å². The van der Waals surface area contributed by atoms with Crippen LogP contribution in [0, 0.1) is 18.3 Å². The Morgan fingerprint density at radius 1 is 1.28 bits per heavy atom. The summed E-state index contributed by atoms with van der Waals surface area (Å²) in [6.07, 6.45) is 1.51. The summed E-state index contributed by atoms with van der Waals surface area (Å²) in [4.78, 5) is 12.2. The molecule has 0 aliphatic carbocycles. The SMILES string of the molecule is Cc1ccc(/C=C(\C#N)C(=O)OCc2cc3c(cc2Br)OCO3)cc1. The van der Waals surface area contributed by atoms with Gasteiger partial charge in [-0.3, -0.25) is 0 Å². The Morgan fingerprint density at radius 2 is 1.96 bits per heavy atom. The molecule has 0 bridgehead atoms. The van der Waals surface area contributed by atoms with Crippen LogP contribution in [0.15, 0.2) is 46.4 Å². The Hall–Kier alpha value is -2.78. The standard InChI is InChI=1S/C19H14BrNO4/c1-12-2-4-13(5-3-12)6-14(9-21)19(22)23-10-15-7-17-18(8-16(15)20)25-11-24-17/h2-8H,10-11H2,1H3/b14-6+. The molecule has 1 aliphatic heterocycles. The van der Waals surface area contributed by atoms with Crippen molar-refractivity contribution in [3.05, 3.63) is 63.1 Å². The molecule has 0 fully saturated rings. The monoisotopic (exact) mass is 399 g/mol. The van der Waals surface area contributed by atoms with Gasteiger partial charge in [0.15, 0.2) is 11.5 Å². The molecule has 0 saturated carbocycles. The highest BCUT2D eigenvalue weighted by molar-refractivity contribution is 9.10. The second-order valence-electron chi connectivity index (χ2n) is 5.45. The first-order valence-corrected chi connectivity index (χ1v) is 8.30. The predicted molar refractivity (Wildman–Crippen MR) is 94.8 cm³/mol. The van der Waals surface area contributed by atoms with Gasteiger partial charge in [-0.25, -0.2) is 4.79 Å². The van der Waals surface area contributed by atoms with Gasteiger partial charge in [0.1, 0.15) is 18.2 Å². The number of aryl methyl sites for hydroxylation is 1. The maximum atomic E-state index is 12.2. The highest BCUT2D eigenvalue weighted by atomic mass is 79.9. The maximum absolute atomic E-state index is 12.2. The van der Waals surface area contributed by atoms with Crippen molar-refractivity contribution < 1.29 is 19.0 Å².